The molecule has 2 amide bonds. The molecule has 0 fully saturated rings. The summed E-state index contributed by atoms with van der Waals surface area (Å²) in [6.07, 6.45) is 0.510. The van der Waals surface area contributed by atoms with Crippen LogP contribution in [-0.4, -0.2) is 38.0 Å². The molecule has 2 N–H and O–H groups in total. The number of hydrogen-bond donors (Lipinski definition) is 2. The molecule has 0 aliphatic rings. The molecular formula is C18H19ClN2O5S. The molecule has 0 saturated heterocycles. The normalized spacial score (nSPS) is 10.1. The van der Waals surface area contributed by atoms with Crippen molar-refractivity contribution in [3.63, 3.8) is 0 Å². The predicted octanol–water partition coefficient (Wildman–Crippen LogP) is 3.10. The lowest BCUT2D eigenvalue weighted by Crippen LogP contribution is -2.25. The van der Waals surface area contributed by atoms with Crippen LogP contribution in [0, 0.1) is 0 Å². The van der Waals surface area contributed by atoms with Crippen LogP contribution in [0.2, 0.25) is 5.02 Å². The molecule has 0 atom stereocenters. The van der Waals surface area contributed by atoms with Crippen molar-refractivity contribution in [3.05, 3.63) is 45.6 Å². The maximum absolute atomic E-state index is 11.9. The number of methoxy groups -OCH3 is 1. The van der Waals surface area contributed by atoms with E-state index in [9.17, 15) is 14.4 Å². The van der Waals surface area contributed by atoms with E-state index in [0.717, 1.165) is 0 Å². The Labute approximate surface area is 165 Å². The highest BCUT2D eigenvalue weighted by atomic mass is 35.5. The second-order valence-electron chi connectivity index (χ2n) is 5.42. The first-order chi connectivity index (χ1) is 13.0. The van der Waals surface area contributed by atoms with E-state index in [1.807, 2.05) is 5.38 Å². The van der Waals surface area contributed by atoms with Crippen molar-refractivity contribution < 1.29 is 23.9 Å². The maximum Gasteiger partial charge on any atom is 0.306 e. The van der Waals surface area contributed by atoms with Crippen molar-refractivity contribution in [1.82, 2.24) is 5.32 Å². The van der Waals surface area contributed by atoms with E-state index < -0.39 is 18.5 Å². The van der Waals surface area contributed by atoms with Crippen LogP contribution in [0.1, 0.15) is 23.2 Å². The number of ether oxygens (including phenoxy) is 2. The van der Waals surface area contributed by atoms with Gasteiger partial charge in [0.1, 0.15) is 5.75 Å². The summed E-state index contributed by atoms with van der Waals surface area (Å²) in [5.74, 6) is -0.762. The summed E-state index contributed by atoms with van der Waals surface area (Å²) >= 11 is 7.33. The number of esters is 1. The topological polar surface area (TPSA) is 93.7 Å². The number of carbonyl (C=O) groups is 3. The van der Waals surface area contributed by atoms with E-state index in [1.165, 1.54) is 24.5 Å². The average Bonchev–Trinajstić information content (AvgIpc) is 3.18. The molecule has 2 aromatic rings. The molecule has 0 spiro atoms. The van der Waals surface area contributed by atoms with Gasteiger partial charge in [-0.05, 0) is 36.1 Å². The molecule has 0 bridgehead atoms. The molecule has 27 heavy (non-hydrogen) atoms. The third-order valence-electron chi connectivity index (χ3n) is 3.43. The Morgan fingerprint density at radius 1 is 1.22 bits per heavy atom. The number of amides is 2. The first kappa shape index (κ1) is 20.7. The van der Waals surface area contributed by atoms with Gasteiger partial charge in [-0.25, -0.2) is 0 Å². The summed E-state index contributed by atoms with van der Waals surface area (Å²) < 4.78 is 10.0. The molecule has 144 valence electrons. The van der Waals surface area contributed by atoms with Gasteiger partial charge in [-0.3, -0.25) is 14.4 Å². The Kier molecular flexibility index (Phi) is 8.09. The van der Waals surface area contributed by atoms with E-state index in [1.54, 1.807) is 23.6 Å². The zero-order valence-electron chi connectivity index (χ0n) is 14.6. The molecule has 1 aromatic heterocycles. The van der Waals surface area contributed by atoms with Crippen molar-refractivity contribution in [2.45, 2.75) is 12.8 Å². The van der Waals surface area contributed by atoms with Crippen LogP contribution < -0.4 is 15.4 Å². The van der Waals surface area contributed by atoms with Crippen LogP contribution in [0.25, 0.3) is 0 Å². The average molecular weight is 411 g/mol. The highest BCUT2D eigenvalue weighted by Gasteiger charge is 2.11. The van der Waals surface area contributed by atoms with Gasteiger partial charge in [-0.15, -0.1) is 0 Å². The lowest BCUT2D eigenvalue weighted by molar-refractivity contribution is -0.147. The second-order valence-corrected chi connectivity index (χ2v) is 6.64. The fourth-order valence-electron chi connectivity index (χ4n) is 2.11. The minimum absolute atomic E-state index is 0.0949. The Morgan fingerprint density at radius 2 is 2.04 bits per heavy atom. The van der Waals surface area contributed by atoms with Gasteiger partial charge in [-0.1, -0.05) is 11.6 Å². The number of carbonyl (C=O) groups excluding carboxylic acids is 3. The molecule has 1 heterocycles. The molecule has 0 saturated carbocycles. The SMILES string of the molecule is COc1ccc(Cl)cc1NC(=O)COC(=O)CCCNC(=O)c1ccsc1. The van der Waals surface area contributed by atoms with Gasteiger partial charge in [0.2, 0.25) is 0 Å². The van der Waals surface area contributed by atoms with Crippen LogP contribution in [0.3, 0.4) is 0 Å². The number of thiophene rings is 1. The van der Waals surface area contributed by atoms with E-state index in [2.05, 4.69) is 10.6 Å². The molecule has 7 nitrogen and oxygen atoms in total. The molecule has 0 aliphatic heterocycles. The second kappa shape index (κ2) is 10.5. The summed E-state index contributed by atoms with van der Waals surface area (Å²) in [4.78, 5) is 35.3. The van der Waals surface area contributed by atoms with Crippen LogP contribution in [-0.2, 0) is 14.3 Å². The fraction of sp³-hybridized carbons (Fsp3) is 0.278. The number of rotatable bonds is 9. The van der Waals surface area contributed by atoms with E-state index >= 15 is 0 Å². The summed E-state index contributed by atoms with van der Waals surface area (Å²) in [5, 5.41) is 9.28. The zero-order chi connectivity index (χ0) is 19.6. The summed E-state index contributed by atoms with van der Waals surface area (Å²) in [6, 6.07) is 6.51. The number of hydrogen-bond acceptors (Lipinski definition) is 6. The smallest absolute Gasteiger partial charge is 0.306 e. The van der Waals surface area contributed by atoms with Crippen molar-refractivity contribution in [2.24, 2.45) is 0 Å². The molecule has 0 radical (unpaired) electrons. The van der Waals surface area contributed by atoms with Gasteiger partial charge in [0.15, 0.2) is 6.61 Å². The predicted molar refractivity (Wildman–Crippen MR) is 103 cm³/mol. The van der Waals surface area contributed by atoms with E-state index in [0.29, 0.717) is 35.0 Å². The highest BCUT2D eigenvalue weighted by molar-refractivity contribution is 7.08. The van der Waals surface area contributed by atoms with Gasteiger partial charge in [0.05, 0.1) is 12.8 Å². The first-order valence-electron chi connectivity index (χ1n) is 8.09. The van der Waals surface area contributed by atoms with Crippen LogP contribution >= 0.6 is 22.9 Å². The van der Waals surface area contributed by atoms with Gasteiger partial charge >= 0.3 is 5.97 Å². The van der Waals surface area contributed by atoms with Crippen LogP contribution in [0.15, 0.2) is 35.0 Å². The molecule has 1 aromatic carbocycles. The molecule has 9 heteroatoms. The minimum Gasteiger partial charge on any atom is -0.495 e. The van der Waals surface area contributed by atoms with Crippen LogP contribution in [0.5, 0.6) is 5.75 Å². The Hall–Kier alpha value is -2.58. The Morgan fingerprint density at radius 3 is 2.74 bits per heavy atom. The molecule has 2 rings (SSSR count). The number of anilines is 1. The van der Waals surface area contributed by atoms with Crippen molar-refractivity contribution in [3.8, 4) is 5.75 Å². The van der Waals surface area contributed by atoms with Gasteiger partial charge in [-0.2, -0.15) is 11.3 Å². The van der Waals surface area contributed by atoms with Gasteiger partial charge in [0.25, 0.3) is 11.8 Å². The summed E-state index contributed by atoms with van der Waals surface area (Å²) in [6.45, 7) is -0.0779. The number of benzene rings is 1. The zero-order valence-corrected chi connectivity index (χ0v) is 16.2. The Bertz CT molecular complexity index is 795. The largest absolute Gasteiger partial charge is 0.495 e. The standard InChI is InChI=1S/C18H19ClN2O5S/c1-25-15-5-4-13(19)9-14(15)21-16(22)10-26-17(23)3-2-7-20-18(24)12-6-8-27-11-12/h4-6,8-9,11H,2-3,7,10H2,1H3,(H,20,24)(H,21,22). The number of halogens is 1. The van der Waals surface area contributed by atoms with Crippen LogP contribution in [0.4, 0.5) is 5.69 Å². The summed E-state index contributed by atoms with van der Waals surface area (Å²) in [5.41, 5.74) is 0.984. The van der Waals surface area contributed by atoms with Gasteiger partial charge < -0.3 is 20.1 Å². The van der Waals surface area contributed by atoms with Crippen molar-refractivity contribution >= 4 is 46.4 Å². The highest BCUT2D eigenvalue weighted by Crippen LogP contribution is 2.27. The van der Waals surface area contributed by atoms with Gasteiger partial charge in [0, 0.05) is 28.9 Å². The third-order valence-corrected chi connectivity index (χ3v) is 4.34. The quantitative estimate of drug-likeness (QED) is 0.489. The maximum atomic E-state index is 11.9. The van der Waals surface area contributed by atoms with E-state index in [-0.39, 0.29) is 12.3 Å². The lowest BCUT2D eigenvalue weighted by atomic mass is 10.3. The van der Waals surface area contributed by atoms with Crippen molar-refractivity contribution in [1.29, 1.82) is 0 Å². The van der Waals surface area contributed by atoms with Crippen molar-refractivity contribution in [2.75, 3.05) is 25.6 Å². The third kappa shape index (κ3) is 6.92. The summed E-state index contributed by atoms with van der Waals surface area (Å²) in [7, 11) is 1.47. The first-order valence-corrected chi connectivity index (χ1v) is 9.41. The van der Waals surface area contributed by atoms with E-state index in [4.69, 9.17) is 21.1 Å². The number of nitrogens with one attached hydrogen (secondary N) is 2. The Balaban J connectivity index is 1.65. The lowest BCUT2D eigenvalue weighted by Gasteiger charge is -2.11. The monoisotopic (exact) mass is 410 g/mol. The molecular weight excluding hydrogens is 392 g/mol. The fourth-order valence-corrected chi connectivity index (χ4v) is 2.92. The molecule has 0 unspecified atom stereocenters. The molecule has 0 aliphatic carbocycles. The minimum atomic E-state index is -0.520.